The number of nitrogens with zero attached hydrogens (tertiary/aromatic N) is 3. The fourth-order valence-electron chi connectivity index (χ4n) is 13.0. The third kappa shape index (κ3) is 4.81. The van der Waals surface area contributed by atoms with Gasteiger partial charge in [0.2, 0.25) is 0 Å². The molecule has 4 saturated carbocycles. The minimum absolute atomic E-state index is 0.0910. The molecule has 7 aromatic carbocycles. The first-order chi connectivity index (χ1) is 29.7. The summed E-state index contributed by atoms with van der Waals surface area (Å²) in [5, 5.41) is 1.34. The van der Waals surface area contributed by atoms with Crippen LogP contribution in [0.3, 0.4) is 0 Å². The second-order valence-corrected chi connectivity index (χ2v) is 20.5. The van der Waals surface area contributed by atoms with E-state index in [0.29, 0.717) is 0 Å². The molecule has 1 aromatic heterocycles. The molecule has 4 fully saturated rings. The van der Waals surface area contributed by atoms with Gasteiger partial charge >= 0.3 is 0 Å². The van der Waals surface area contributed by atoms with E-state index in [0.717, 1.165) is 23.4 Å². The first-order valence-electron chi connectivity index (χ1n) is 21.9. The van der Waals surface area contributed by atoms with Gasteiger partial charge in [-0.2, -0.15) is 0 Å². The highest BCUT2D eigenvalue weighted by Crippen LogP contribution is 2.62. The summed E-state index contributed by atoms with van der Waals surface area (Å²) in [4.78, 5) is 10.3. The molecule has 0 unspecified atom stereocenters. The number of para-hydroxylation sites is 4. The number of benzene rings is 7. The van der Waals surface area contributed by atoms with Crippen molar-refractivity contribution in [1.82, 2.24) is 0 Å². The molecule has 60 heavy (non-hydrogen) atoms. The van der Waals surface area contributed by atoms with Gasteiger partial charge in [-0.05, 0) is 157 Å². The lowest BCUT2D eigenvalue weighted by Gasteiger charge is -2.57. The van der Waals surface area contributed by atoms with E-state index >= 15 is 0 Å². The van der Waals surface area contributed by atoms with Gasteiger partial charge in [-0.15, -0.1) is 11.3 Å². The number of anilines is 9. The average molecular weight is 808 g/mol. The van der Waals surface area contributed by atoms with E-state index in [-0.39, 0.29) is 12.1 Å². The van der Waals surface area contributed by atoms with Crippen molar-refractivity contribution in [2.24, 2.45) is 17.8 Å². The first-order valence-corrected chi connectivity index (χ1v) is 23.5. The van der Waals surface area contributed by atoms with Gasteiger partial charge in [0.1, 0.15) is 0 Å². The molecule has 0 amide bonds. The van der Waals surface area contributed by atoms with Crippen LogP contribution in [0.1, 0.15) is 44.1 Å². The average Bonchev–Trinajstić information content (AvgIpc) is 3.66. The van der Waals surface area contributed by atoms with Gasteiger partial charge in [0.15, 0.2) is 0 Å². The Hall–Kier alpha value is -5.69. The summed E-state index contributed by atoms with van der Waals surface area (Å²) >= 11 is 3.89. The second kappa shape index (κ2) is 12.7. The third-order valence-electron chi connectivity index (χ3n) is 14.9. The summed E-state index contributed by atoms with van der Waals surface area (Å²) in [5.74, 6) is 2.56. The summed E-state index contributed by atoms with van der Waals surface area (Å²) in [5.41, 5.74) is 16.0. The predicted octanol–water partition coefficient (Wildman–Crippen LogP) is 13.4. The van der Waals surface area contributed by atoms with Crippen LogP contribution in [-0.2, 0) is 5.41 Å². The van der Waals surface area contributed by atoms with Crippen LogP contribution in [-0.4, -0.2) is 6.71 Å². The Kier molecular flexibility index (Phi) is 7.19. The lowest BCUT2D eigenvalue weighted by atomic mass is 9.36. The number of hydrogen-bond acceptors (Lipinski definition) is 5. The molecule has 0 saturated heterocycles. The zero-order chi connectivity index (χ0) is 39.1. The monoisotopic (exact) mass is 807 g/mol. The predicted molar refractivity (Wildman–Crippen MR) is 255 cm³/mol. The Morgan fingerprint density at radius 3 is 1.73 bits per heavy atom. The van der Waals surface area contributed by atoms with Crippen molar-refractivity contribution in [2.75, 3.05) is 14.7 Å². The van der Waals surface area contributed by atoms with Crippen LogP contribution in [0.15, 0.2) is 174 Å². The largest absolute Gasteiger partial charge is 0.310 e. The zero-order valence-electron chi connectivity index (χ0n) is 33.3. The van der Waals surface area contributed by atoms with Crippen molar-refractivity contribution in [3.63, 3.8) is 0 Å². The maximum absolute atomic E-state index is 2.71. The van der Waals surface area contributed by atoms with Crippen LogP contribution in [0.4, 0.5) is 51.2 Å². The van der Waals surface area contributed by atoms with Crippen molar-refractivity contribution >= 4 is 107 Å². The minimum Gasteiger partial charge on any atom is -0.310 e. The Morgan fingerprint density at radius 2 is 1.05 bits per heavy atom. The maximum atomic E-state index is 2.71. The minimum atomic E-state index is 0.0910. The Labute approximate surface area is 360 Å². The maximum Gasteiger partial charge on any atom is 0.264 e. The number of rotatable bonds is 3. The molecular formula is C54H42BN3S2. The topological polar surface area (TPSA) is 9.72 Å². The normalized spacial score (nSPS) is 22.6. The fourth-order valence-corrected chi connectivity index (χ4v) is 15.4. The summed E-state index contributed by atoms with van der Waals surface area (Å²) in [6, 6.07) is 62.3. The van der Waals surface area contributed by atoms with Crippen LogP contribution in [0, 0.1) is 17.8 Å². The highest BCUT2D eigenvalue weighted by Gasteiger charge is 2.53. The number of thiophene rings is 1. The third-order valence-corrected chi connectivity index (χ3v) is 17.3. The lowest BCUT2D eigenvalue weighted by Crippen LogP contribution is -2.60. The quantitative estimate of drug-likeness (QED) is 0.164. The number of hydrogen-bond donors (Lipinski definition) is 0. The molecule has 15 rings (SSSR count). The van der Waals surface area contributed by atoms with Gasteiger partial charge < -0.3 is 14.7 Å². The Bertz CT molecular complexity index is 3010. The van der Waals surface area contributed by atoms with E-state index in [1.807, 2.05) is 23.1 Å². The molecule has 288 valence electrons. The Morgan fingerprint density at radius 1 is 0.483 bits per heavy atom. The van der Waals surface area contributed by atoms with E-state index in [2.05, 4.69) is 178 Å². The van der Waals surface area contributed by atoms with Gasteiger partial charge in [-0.3, -0.25) is 0 Å². The molecule has 3 nitrogen and oxygen atoms in total. The zero-order valence-corrected chi connectivity index (χ0v) is 34.9. The summed E-state index contributed by atoms with van der Waals surface area (Å²) in [6.07, 6.45) is 8.29. The molecule has 0 N–H and O–H groups in total. The Balaban J connectivity index is 1.11. The van der Waals surface area contributed by atoms with Gasteiger partial charge in [-0.1, -0.05) is 96.7 Å². The molecule has 6 bridgehead atoms. The number of fused-ring (bicyclic) bond motifs is 10. The van der Waals surface area contributed by atoms with Crippen LogP contribution in [0.25, 0.3) is 10.1 Å². The lowest BCUT2D eigenvalue weighted by molar-refractivity contribution is -0.00514. The molecule has 7 aliphatic rings. The summed E-state index contributed by atoms with van der Waals surface area (Å²) < 4.78 is 2.78. The van der Waals surface area contributed by atoms with Crippen LogP contribution >= 0.6 is 23.1 Å². The van der Waals surface area contributed by atoms with Gasteiger partial charge in [0.05, 0.1) is 17.1 Å². The van der Waals surface area contributed by atoms with E-state index in [4.69, 9.17) is 0 Å². The molecular weight excluding hydrogens is 766 g/mol. The molecule has 0 atom stereocenters. The SMILES string of the molecule is c1ccc(N2c3ccc4c(c3)N(c3ccccc3Sc3ccccc32)c2cc(C35CC6CC(CC(C6)C3)C5)cc3c2B4c2sc4ccccc4c2N3c2ccccc2)cc1. The van der Waals surface area contributed by atoms with Crippen molar-refractivity contribution in [2.45, 2.75) is 53.7 Å². The van der Waals surface area contributed by atoms with Crippen LogP contribution in [0.2, 0.25) is 0 Å². The van der Waals surface area contributed by atoms with Crippen LogP contribution in [0.5, 0.6) is 0 Å². The molecule has 6 heteroatoms. The standard InChI is InChI=1S/C54H42BN3S2/c1-3-13-38(14-4-1)56-40-23-24-42-45(30-40)58(44-19-9-12-22-50(44)59-49-21-11-8-18-43(49)56)47-29-37(54-31-34-25-35(32-54)27-36(26-34)33-54)28-46-51(47)55(42)53-52(41-17-7-10-20-48(41)60-53)57(46)39-15-5-2-6-16-39/h1-24,28-30,34-36H,25-27,31-33H2. The highest BCUT2D eigenvalue weighted by atomic mass is 32.2. The van der Waals surface area contributed by atoms with Crippen molar-refractivity contribution in [1.29, 1.82) is 0 Å². The van der Waals surface area contributed by atoms with Gasteiger partial charge in [0.25, 0.3) is 6.71 Å². The molecule has 0 spiro atoms. The second-order valence-electron chi connectivity index (χ2n) is 18.3. The van der Waals surface area contributed by atoms with E-state index < -0.39 is 0 Å². The van der Waals surface area contributed by atoms with E-state index in [1.54, 1.807) is 5.56 Å². The summed E-state index contributed by atoms with van der Waals surface area (Å²) in [7, 11) is 0. The molecule has 4 aliphatic carbocycles. The fraction of sp³-hybridized carbons (Fsp3) is 0.185. The van der Waals surface area contributed by atoms with Crippen molar-refractivity contribution in [3.05, 3.63) is 169 Å². The van der Waals surface area contributed by atoms with E-state index in [1.165, 1.54) is 120 Å². The highest BCUT2D eigenvalue weighted by molar-refractivity contribution is 7.99. The molecule has 4 heterocycles. The van der Waals surface area contributed by atoms with Crippen molar-refractivity contribution in [3.8, 4) is 0 Å². The van der Waals surface area contributed by atoms with Gasteiger partial charge in [0, 0.05) is 58.8 Å². The molecule has 3 aliphatic heterocycles. The van der Waals surface area contributed by atoms with Gasteiger partial charge in [-0.25, -0.2) is 0 Å². The first kappa shape index (κ1) is 34.1. The van der Waals surface area contributed by atoms with Crippen LogP contribution < -0.4 is 30.4 Å². The molecule has 0 radical (unpaired) electrons. The smallest absolute Gasteiger partial charge is 0.264 e. The molecule has 8 aromatic rings. The van der Waals surface area contributed by atoms with Crippen molar-refractivity contribution < 1.29 is 0 Å². The van der Waals surface area contributed by atoms with E-state index in [9.17, 15) is 0 Å². The summed E-state index contributed by atoms with van der Waals surface area (Å²) in [6.45, 7) is 0.0910.